The van der Waals surface area contributed by atoms with E-state index in [-0.39, 0.29) is 5.56 Å². The Labute approximate surface area is 387 Å². The summed E-state index contributed by atoms with van der Waals surface area (Å²) in [6, 6.07) is 39.9. The van der Waals surface area contributed by atoms with Crippen molar-refractivity contribution in [3.8, 4) is 20.9 Å². The zero-order valence-electron chi connectivity index (χ0n) is 36.1. The second-order valence-electron chi connectivity index (χ2n) is 16.5. The van der Waals surface area contributed by atoms with Gasteiger partial charge in [0.05, 0.1) is 21.4 Å². The molecule has 65 heavy (non-hydrogen) atoms. The van der Waals surface area contributed by atoms with Gasteiger partial charge in [0.25, 0.3) is 0 Å². The first kappa shape index (κ1) is 44.4. The van der Waals surface area contributed by atoms with E-state index in [0.29, 0.717) is 37.7 Å². The molecule has 2 aromatic heterocycles. The number of benzene rings is 6. The summed E-state index contributed by atoms with van der Waals surface area (Å²) in [4.78, 5) is 0.688. The summed E-state index contributed by atoms with van der Waals surface area (Å²) in [7, 11) is -14.2. The van der Waals surface area contributed by atoms with Crippen molar-refractivity contribution in [1.82, 2.24) is 0 Å². The molecule has 0 spiro atoms. The van der Waals surface area contributed by atoms with Gasteiger partial charge in [-0.3, -0.25) is 4.57 Å². The number of anilines is 4. The van der Waals surface area contributed by atoms with Crippen molar-refractivity contribution >= 4 is 88.7 Å². The summed E-state index contributed by atoms with van der Waals surface area (Å²) in [5.74, 6) is 0.307. The zero-order valence-corrected chi connectivity index (χ0v) is 40.3. The zero-order chi connectivity index (χ0) is 46.2. The molecular formula is C51H42N2O7PS4-. The smallest absolute Gasteiger partial charge is 0.232 e. The largest absolute Gasteiger partial charge is 0.744 e. The Morgan fingerprint density at radius 3 is 1.35 bits per heavy atom. The van der Waals surface area contributed by atoms with Gasteiger partial charge >= 0.3 is 0 Å². The van der Waals surface area contributed by atoms with Gasteiger partial charge in [0.2, 0.25) is 7.14 Å². The number of nitrogens with one attached hydrogen (secondary N) is 2. The van der Waals surface area contributed by atoms with E-state index in [0.717, 1.165) is 72.0 Å². The molecule has 0 fully saturated rings. The highest BCUT2D eigenvalue weighted by molar-refractivity contribution is 7.87. The summed E-state index contributed by atoms with van der Waals surface area (Å²) >= 11 is 2.60. The van der Waals surface area contributed by atoms with E-state index < -0.39 is 37.2 Å². The first-order valence-corrected chi connectivity index (χ1v) is 26.7. The predicted octanol–water partition coefficient (Wildman–Crippen LogP) is 11.3. The van der Waals surface area contributed by atoms with Crippen LogP contribution < -0.4 is 26.5 Å². The molecule has 8 aromatic rings. The standard InChI is InChI=1S/C51H43N2O7PS4/c1-29-22-31(3)48(32(4)23-29)52-37-16-12-35(13-17-37)44-27-42-50(62-44)47(41-21-20-40(64(55,56)57)26-46(41)65(58,59)60)51-43(61(42,54)39-10-8-7-9-11-39)28-45(63-51)36-14-18-38(19-15-36)53-49-33(5)24-30(2)25-34(49)6/h7-28,52-53H,1-6H3,(H-,55,56,57,58,59,60)/p-1. The molecule has 6 aromatic carbocycles. The summed E-state index contributed by atoms with van der Waals surface area (Å²) in [5.41, 5.74) is 12.1. The van der Waals surface area contributed by atoms with Gasteiger partial charge in [-0.15, -0.1) is 22.7 Å². The third kappa shape index (κ3) is 8.27. The third-order valence-corrected chi connectivity index (χ3v) is 19.2. The molecule has 0 unspecified atom stereocenters. The van der Waals surface area contributed by atoms with Crippen molar-refractivity contribution in [3.05, 3.63) is 188 Å². The molecule has 1 aliphatic rings. The van der Waals surface area contributed by atoms with Gasteiger partial charge < -0.3 is 19.7 Å². The minimum absolute atomic E-state index is 0.0946. The van der Waals surface area contributed by atoms with Gasteiger partial charge in [-0.05, 0) is 117 Å². The Balaban J connectivity index is 1.21. The Bertz CT molecular complexity index is 3270. The maximum absolute atomic E-state index is 16.4. The monoisotopic (exact) mass is 953 g/mol. The molecule has 0 bridgehead atoms. The second kappa shape index (κ2) is 16.6. The van der Waals surface area contributed by atoms with Crippen LogP contribution in [-0.4, -0.2) is 25.9 Å². The number of hydrogen-bond donors (Lipinski definition) is 2. The van der Waals surface area contributed by atoms with Crippen LogP contribution >= 0.6 is 29.8 Å². The fraction of sp³-hybridized carbons (Fsp3) is 0.118. The first-order valence-electron chi connectivity index (χ1n) is 20.6. The Morgan fingerprint density at radius 1 is 0.523 bits per heavy atom. The van der Waals surface area contributed by atoms with E-state index in [1.54, 1.807) is 0 Å². The lowest BCUT2D eigenvalue weighted by Crippen LogP contribution is -2.34. The summed E-state index contributed by atoms with van der Waals surface area (Å²) < 4.78 is 92.4. The van der Waals surface area contributed by atoms with Crippen LogP contribution in [0.1, 0.15) is 48.7 Å². The number of fused-ring (bicyclic) bond motifs is 2. The van der Waals surface area contributed by atoms with Gasteiger partial charge in [-0.2, -0.15) is 0 Å². The van der Waals surface area contributed by atoms with Gasteiger partial charge in [0.15, 0.2) is 10.1 Å². The van der Waals surface area contributed by atoms with E-state index in [2.05, 4.69) is 76.4 Å². The minimum Gasteiger partial charge on any atom is -0.744 e. The summed E-state index contributed by atoms with van der Waals surface area (Å²) in [6.07, 6.45) is 0. The third-order valence-electron chi connectivity index (χ3n) is 11.7. The molecule has 2 N–H and O–H groups in total. The van der Waals surface area contributed by atoms with Crippen LogP contribution in [0.15, 0.2) is 143 Å². The molecule has 1 aliphatic heterocycles. The molecular weight excluding hydrogens is 912 g/mol. The van der Waals surface area contributed by atoms with E-state index in [9.17, 15) is 25.9 Å². The molecule has 9 rings (SSSR count). The van der Waals surface area contributed by atoms with Crippen molar-refractivity contribution < 1.29 is 30.5 Å². The van der Waals surface area contributed by atoms with E-state index >= 15 is 4.57 Å². The maximum atomic E-state index is 16.4. The van der Waals surface area contributed by atoms with E-state index in [1.165, 1.54) is 39.9 Å². The number of rotatable bonds is 10. The van der Waals surface area contributed by atoms with Crippen LogP contribution in [0.3, 0.4) is 0 Å². The molecule has 0 amide bonds. The SMILES string of the molecule is Cc1cc(C)c(Nc2ccc(-c3cc4c(s3)[C+](c3ccc(S(=O)(=O)[O-])cc3S(=O)(=O)[O-])c3sc(-c5ccc(Nc6c(C)cc(C)cc6C)cc5)cc3P4(=O)c3ccccc3)cc2)c(C)c1. The molecule has 0 radical (unpaired) electrons. The fourth-order valence-electron chi connectivity index (χ4n) is 8.82. The van der Waals surface area contributed by atoms with Crippen LogP contribution in [-0.2, 0) is 24.8 Å². The van der Waals surface area contributed by atoms with E-state index in [4.69, 9.17) is 0 Å². The average Bonchev–Trinajstić information content (AvgIpc) is 3.91. The number of thiophene rings is 2. The van der Waals surface area contributed by atoms with E-state index in [1.807, 2.05) is 91.0 Å². The molecule has 328 valence electrons. The fourth-order valence-corrected chi connectivity index (χ4v) is 16.5. The van der Waals surface area contributed by atoms with Crippen LogP contribution in [0.5, 0.6) is 0 Å². The van der Waals surface area contributed by atoms with Gasteiger partial charge in [-0.1, -0.05) is 77.9 Å². The van der Waals surface area contributed by atoms with Crippen molar-refractivity contribution in [2.45, 2.75) is 51.3 Å². The number of hydrogen-bond acceptors (Lipinski definition) is 11. The van der Waals surface area contributed by atoms with Gasteiger partial charge in [0, 0.05) is 62.1 Å². The highest BCUT2D eigenvalue weighted by Gasteiger charge is 2.51. The van der Waals surface area contributed by atoms with Crippen LogP contribution in [0.4, 0.5) is 22.7 Å². The topological polar surface area (TPSA) is 156 Å². The van der Waals surface area contributed by atoms with Gasteiger partial charge in [0.1, 0.15) is 30.3 Å². The first-order chi connectivity index (χ1) is 30.8. The lowest BCUT2D eigenvalue weighted by Gasteiger charge is -2.25. The Hall–Kier alpha value is -5.76. The van der Waals surface area contributed by atoms with Crippen molar-refractivity contribution in [1.29, 1.82) is 0 Å². The molecule has 0 saturated heterocycles. The number of aryl methyl sites for hydroxylation is 6. The summed E-state index contributed by atoms with van der Waals surface area (Å²) in [5, 5.41) is 8.54. The normalized spacial score (nSPS) is 13.3. The molecule has 9 nitrogen and oxygen atoms in total. The molecule has 0 saturated carbocycles. The Kier molecular flexibility index (Phi) is 11.3. The lowest BCUT2D eigenvalue weighted by atomic mass is 9.95. The van der Waals surface area contributed by atoms with Crippen molar-refractivity contribution in [3.63, 3.8) is 0 Å². The van der Waals surface area contributed by atoms with Crippen molar-refractivity contribution in [2.75, 3.05) is 10.6 Å². The molecule has 3 heterocycles. The molecule has 14 heteroatoms. The highest BCUT2D eigenvalue weighted by atomic mass is 32.2. The second-order valence-corrected chi connectivity index (χ2v) is 24.0. The quantitative estimate of drug-likeness (QED) is 0.0774. The molecule has 0 aliphatic carbocycles. The van der Waals surface area contributed by atoms with Crippen LogP contribution in [0, 0.1) is 47.5 Å². The predicted molar refractivity (Wildman–Crippen MR) is 263 cm³/mol. The average molecular weight is 954 g/mol. The Morgan fingerprint density at radius 2 is 0.954 bits per heavy atom. The maximum Gasteiger partial charge on any atom is 0.232 e. The minimum atomic E-state index is -5.37. The summed E-state index contributed by atoms with van der Waals surface area (Å²) in [6.45, 7) is 12.4. The lowest BCUT2D eigenvalue weighted by molar-refractivity contribution is 0.460. The van der Waals surface area contributed by atoms with Crippen LogP contribution in [0.2, 0.25) is 0 Å². The van der Waals surface area contributed by atoms with Crippen LogP contribution in [0.25, 0.3) is 20.9 Å². The molecule has 0 atom stereocenters. The van der Waals surface area contributed by atoms with Gasteiger partial charge in [-0.25, -0.2) is 16.8 Å². The van der Waals surface area contributed by atoms with Crippen molar-refractivity contribution in [2.24, 2.45) is 0 Å². The highest BCUT2D eigenvalue weighted by Crippen LogP contribution is 2.58.